The molecule has 1 aliphatic carbocycles. The number of nitrogens with one attached hydrogen (secondary N) is 2. The summed E-state index contributed by atoms with van der Waals surface area (Å²) in [7, 11) is 1.97. The highest BCUT2D eigenvalue weighted by atomic mass is 79.9. The fraction of sp³-hybridized carbons (Fsp3) is 0.500. The van der Waals surface area contributed by atoms with Crippen LogP contribution in [0.15, 0.2) is 22.7 Å². The summed E-state index contributed by atoms with van der Waals surface area (Å²) in [6.07, 6.45) is 4.05. The van der Waals surface area contributed by atoms with Crippen LogP contribution in [0.1, 0.15) is 36.0 Å². The lowest BCUT2D eigenvalue weighted by Crippen LogP contribution is -2.41. The molecule has 0 aromatic heterocycles. The first-order chi connectivity index (χ1) is 9.11. The van der Waals surface area contributed by atoms with Crippen LogP contribution in [0.25, 0.3) is 0 Å². The highest BCUT2D eigenvalue weighted by molar-refractivity contribution is 9.10. The lowest BCUT2D eigenvalue weighted by molar-refractivity contribution is 0.0923. The monoisotopic (exact) mass is 328 g/mol. The minimum atomic E-state index is -0.411. The molecule has 0 heterocycles. The van der Waals surface area contributed by atoms with Crippen LogP contribution >= 0.6 is 15.9 Å². The molecule has 3 nitrogen and oxygen atoms in total. The second-order valence-electron chi connectivity index (χ2n) is 4.91. The fourth-order valence-corrected chi connectivity index (χ4v) is 2.91. The third-order valence-electron chi connectivity index (χ3n) is 3.67. The first-order valence-corrected chi connectivity index (χ1v) is 7.33. The van der Waals surface area contributed by atoms with E-state index in [9.17, 15) is 9.18 Å². The van der Waals surface area contributed by atoms with Crippen LogP contribution in [-0.2, 0) is 0 Å². The quantitative estimate of drug-likeness (QED) is 0.895. The van der Waals surface area contributed by atoms with Crippen LogP contribution in [-0.4, -0.2) is 25.0 Å². The molecule has 0 aliphatic heterocycles. The Labute approximate surface area is 121 Å². The van der Waals surface area contributed by atoms with E-state index in [-0.39, 0.29) is 16.4 Å². The Balaban J connectivity index is 1.96. The Hall–Kier alpha value is -0.940. The Kier molecular flexibility index (Phi) is 4.93. The van der Waals surface area contributed by atoms with Crippen LogP contribution in [0.4, 0.5) is 4.39 Å². The molecule has 19 heavy (non-hydrogen) atoms. The van der Waals surface area contributed by atoms with Crippen LogP contribution in [0, 0.1) is 5.82 Å². The number of rotatable bonds is 3. The van der Waals surface area contributed by atoms with Crippen molar-refractivity contribution in [3.63, 3.8) is 0 Å². The highest BCUT2D eigenvalue weighted by Crippen LogP contribution is 2.22. The second-order valence-corrected chi connectivity index (χ2v) is 5.71. The zero-order valence-electron chi connectivity index (χ0n) is 10.9. The molecule has 0 saturated heterocycles. The number of halogens is 2. The van der Waals surface area contributed by atoms with Crippen molar-refractivity contribution >= 4 is 21.8 Å². The second kappa shape index (κ2) is 6.48. The average Bonchev–Trinajstić information content (AvgIpc) is 2.42. The van der Waals surface area contributed by atoms with E-state index in [0.717, 1.165) is 25.7 Å². The Morgan fingerprint density at radius 1 is 1.26 bits per heavy atom. The van der Waals surface area contributed by atoms with Crippen molar-refractivity contribution in [2.45, 2.75) is 37.8 Å². The lowest BCUT2D eigenvalue weighted by Gasteiger charge is -2.28. The SMILES string of the molecule is CNC1CCC(NC(=O)c2cccc(F)c2Br)CC1. The summed E-state index contributed by atoms with van der Waals surface area (Å²) < 4.78 is 13.6. The van der Waals surface area contributed by atoms with E-state index in [1.54, 1.807) is 12.1 Å². The molecule has 1 aromatic rings. The van der Waals surface area contributed by atoms with Gasteiger partial charge in [0.2, 0.25) is 0 Å². The van der Waals surface area contributed by atoms with Gasteiger partial charge in [-0.05, 0) is 60.8 Å². The van der Waals surface area contributed by atoms with E-state index < -0.39 is 5.82 Å². The molecule has 2 N–H and O–H groups in total. The minimum Gasteiger partial charge on any atom is -0.349 e. The first kappa shape index (κ1) is 14.5. The van der Waals surface area contributed by atoms with E-state index >= 15 is 0 Å². The highest BCUT2D eigenvalue weighted by Gasteiger charge is 2.22. The Bertz CT molecular complexity index is 459. The normalized spacial score (nSPS) is 23.1. The third-order valence-corrected chi connectivity index (χ3v) is 4.47. The molecule has 1 saturated carbocycles. The van der Waals surface area contributed by atoms with Crippen LogP contribution < -0.4 is 10.6 Å². The number of amides is 1. The maximum absolute atomic E-state index is 13.4. The van der Waals surface area contributed by atoms with Gasteiger partial charge in [-0.1, -0.05) is 6.07 Å². The zero-order chi connectivity index (χ0) is 13.8. The van der Waals surface area contributed by atoms with Gasteiger partial charge in [0.1, 0.15) is 5.82 Å². The largest absolute Gasteiger partial charge is 0.349 e. The Morgan fingerprint density at radius 2 is 1.89 bits per heavy atom. The summed E-state index contributed by atoms with van der Waals surface area (Å²) in [6.45, 7) is 0. The molecule has 0 radical (unpaired) electrons. The van der Waals surface area contributed by atoms with Crippen molar-refractivity contribution in [1.29, 1.82) is 0 Å². The van der Waals surface area contributed by atoms with Crippen molar-refractivity contribution in [3.8, 4) is 0 Å². The molecule has 1 fully saturated rings. The van der Waals surface area contributed by atoms with Crippen LogP contribution in [0.2, 0.25) is 0 Å². The van der Waals surface area contributed by atoms with Crippen LogP contribution in [0.5, 0.6) is 0 Å². The topological polar surface area (TPSA) is 41.1 Å². The molecule has 5 heteroatoms. The average molecular weight is 329 g/mol. The molecular formula is C14H18BrFN2O. The van der Waals surface area contributed by atoms with Gasteiger partial charge in [-0.25, -0.2) is 4.39 Å². The summed E-state index contributed by atoms with van der Waals surface area (Å²) in [4.78, 5) is 12.1. The van der Waals surface area contributed by atoms with Gasteiger partial charge in [0.15, 0.2) is 0 Å². The molecule has 1 aromatic carbocycles. The zero-order valence-corrected chi connectivity index (χ0v) is 12.5. The summed E-state index contributed by atoms with van der Waals surface area (Å²) >= 11 is 3.12. The molecule has 0 atom stereocenters. The van der Waals surface area contributed by atoms with E-state index in [0.29, 0.717) is 11.6 Å². The molecule has 104 valence electrons. The minimum absolute atomic E-state index is 0.187. The van der Waals surface area contributed by atoms with Crippen LogP contribution in [0.3, 0.4) is 0 Å². The standard InChI is InChI=1S/C14H18BrFN2O/c1-17-9-5-7-10(8-6-9)18-14(19)11-3-2-4-12(16)13(11)15/h2-4,9-10,17H,5-8H2,1H3,(H,18,19). The van der Waals surface area contributed by atoms with E-state index in [1.807, 2.05) is 7.05 Å². The predicted octanol–water partition coefficient (Wildman–Crippen LogP) is 2.85. The summed E-state index contributed by atoms with van der Waals surface area (Å²) in [5.41, 5.74) is 0.357. The molecule has 2 rings (SSSR count). The first-order valence-electron chi connectivity index (χ1n) is 6.54. The van der Waals surface area contributed by atoms with Crippen molar-refractivity contribution in [1.82, 2.24) is 10.6 Å². The van der Waals surface area contributed by atoms with Gasteiger partial charge in [-0.15, -0.1) is 0 Å². The van der Waals surface area contributed by atoms with E-state index in [4.69, 9.17) is 0 Å². The molecule has 1 aliphatic rings. The number of carbonyl (C=O) groups is 1. The van der Waals surface area contributed by atoms with Gasteiger partial charge in [0.25, 0.3) is 5.91 Å². The number of hydrogen-bond acceptors (Lipinski definition) is 2. The van der Waals surface area contributed by atoms with Gasteiger partial charge < -0.3 is 10.6 Å². The van der Waals surface area contributed by atoms with Gasteiger partial charge >= 0.3 is 0 Å². The maximum Gasteiger partial charge on any atom is 0.252 e. The smallest absolute Gasteiger partial charge is 0.252 e. The van der Waals surface area contributed by atoms with Crippen molar-refractivity contribution in [3.05, 3.63) is 34.1 Å². The van der Waals surface area contributed by atoms with Crippen molar-refractivity contribution < 1.29 is 9.18 Å². The van der Waals surface area contributed by atoms with Crippen molar-refractivity contribution in [2.24, 2.45) is 0 Å². The number of hydrogen-bond donors (Lipinski definition) is 2. The fourth-order valence-electron chi connectivity index (χ4n) is 2.47. The molecule has 0 unspecified atom stereocenters. The summed E-state index contributed by atoms with van der Waals surface area (Å²) in [5.74, 6) is -0.620. The van der Waals surface area contributed by atoms with Crippen molar-refractivity contribution in [2.75, 3.05) is 7.05 Å². The molecule has 0 spiro atoms. The summed E-state index contributed by atoms with van der Waals surface area (Å²) in [6, 6.07) is 5.24. The maximum atomic E-state index is 13.4. The van der Waals surface area contributed by atoms with E-state index in [2.05, 4.69) is 26.6 Å². The van der Waals surface area contributed by atoms with Gasteiger partial charge in [0, 0.05) is 12.1 Å². The number of carbonyl (C=O) groups excluding carboxylic acids is 1. The predicted molar refractivity (Wildman–Crippen MR) is 76.7 cm³/mol. The summed E-state index contributed by atoms with van der Waals surface area (Å²) in [5, 5.41) is 6.24. The number of benzene rings is 1. The van der Waals surface area contributed by atoms with Gasteiger partial charge in [-0.2, -0.15) is 0 Å². The lowest BCUT2D eigenvalue weighted by atomic mass is 9.91. The molecule has 1 amide bonds. The third kappa shape index (κ3) is 3.54. The van der Waals surface area contributed by atoms with E-state index in [1.165, 1.54) is 6.07 Å². The molecular weight excluding hydrogens is 311 g/mol. The molecule has 0 bridgehead atoms. The Morgan fingerprint density at radius 3 is 2.53 bits per heavy atom. The van der Waals surface area contributed by atoms with Gasteiger partial charge in [-0.3, -0.25) is 4.79 Å². The van der Waals surface area contributed by atoms with Gasteiger partial charge in [0.05, 0.1) is 10.0 Å².